The molecule has 0 radical (unpaired) electrons. The Bertz CT molecular complexity index is 800. The van der Waals surface area contributed by atoms with E-state index in [0.29, 0.717) is 0 Å². The largest absolute Gasteiger partial charge is 0.313 e. The van der Waals surface area contributed by atoms with E-state index < -0.39 is 0 Å². The van der Waals surface area contributed by atoms with Crippen LogP contribution in [0.1, 0.15) is 11.1 Å². The van der Waals surface area contributed by atoms with Gasteiger partial charge in [0.25, 0.3) is 0 Å². The van der Waals surface area contributed by atoms with Crippen LogP contribution in [-0.2, 0) is 4.79 Å². The Morgan fingerprint density at radius 3 is 1.29 bits per heavy atom. The Morgan fingerprint density at radius 1 is 0.607 bits per heavy atom. The number of benzene rings is 2. The lowest BCUT2D eigenvalue weighted by Crippen LogP contribution is -3.00. The van der Waals surface area contributed by atoms with Crippen molar-refractivity contribution < 1.29 is 14.6 Å². The molecule has 0 amide bonds. The first-order valence-electron chi connectivity index (χ1n) is 9.50. The molecule has 144 valence electrons. The summed E-state index contributed by atoms with van der Waals surface area (Å²) in [6.45, 7) is 0. The number of hydrogen-bond acceptors (Lipinski definition) is 1. The lowest BCUT2D eigenvalue weighted by molar-refractivity contribution is -0.800. The molecule has 3 nitrogen and oxygen atoms in total. The molecule has 0 aliphatic heterocycles. The summed E-state index contributed by atoms with van der Waals surface area (Å²) in [6, 6.07) is 20.2. The minimum Gasteiger partial charge on any atom is -0.313 e. The van der Waals surface area contributed by atoms with E-state index >= 15 is 0 Å². The first kappa shape index (κ1) is 21.3. The first-order valence-corrected chi connectivity index (χ1v) is 9.50. The normalized spacial score (nSPS) is 13.2. The van der Waals surface area contributed by atoms with E-state index in [1.54, 1.807) is 12.2 Å². The van der Waals surface area contributed by atoms with Crippen molar-refractivity contribution in [3.63, 3.8) is 0 Å². The van der Waals surface area contributed by atoms with Gasteiger partial charge in [-0.25, -0.2) is 0 Å². The molecule has 3 heteroatoms. The van der Waals surface area contributed by atoms with Crippen LogP contribution in [0, 0.1) is 0 Å². The minimum atomic E-state index is -0.0359. The number of hydrogen-bond donors (Lipinski definition) is 2. The summed E-state index contributed by atoms with van der Waals surface area (Å²) in [4.78, 5) is 14.8. The van der Waals surface area contributed by atoms with Crippen molar-refractivity contribution >= 4 is 16.9 Å². The number of ketones is 1. The lowest BCUT2D eigenvalue weighted by Gasteiger charge is -2.05. The van der Waals surface area contributed by atoms with Gasteiger partial charge in [0.1, 0.15) is 12.4 Å². The fourth-order valence-electron chi connectivity index (χ4n) is 2.74. The molecule has 2 aromatic rings. The van der Waals surface area contributed by atoms with Crippen LogP contribution >= 0.6 is 0 Å². The molecular formula is C25H30N2O+2. The van der Waals surface area contributed by atoms with Crippen molar-refractivity contribution in [2.24, 2.45) is 0 Å². The zero-order valence-corrected chi connectivity index (χ0v) is 17.1. The number of quaternary nitrogens is 2. The second kappa shape index (κ2) is 11.0. The van der Waals surface area contributed by atoms with E-state index in [1.807, 2.05) is 48.6 Å². The van der Waals surface area contributed by atoms with Crippen LogP contribution in [0.15, 0.2) is 97.4 Å². The molecule has 2 N–H and O–H groups in total. The Morgan fingerprint density at radius 2 is 0.964 bits per heavy atom. The van der Waals surface area contributed by atoms with Gasteiger partial charge in [-0.15, -0.1) is 0 Å². The maximum atomic E-state index is 12.4. The number of carbonyl (C=O) groups excluding carboxylic acids is 1. The average molecular weight is 375 g/mol. The molecule has 0 aliphatic carbocycles. The quantitative estimate of drug-likeness (QED) is 0.537. The number of nitrogens with one attached hydrogen (secondary N) is 2. The van der Waals surface area contributed by atoms with E-state index in [1.165, 1.54) is 9.80 Å². The standard InChI is InChI=1S/C25H28N2O/c1-26(2)19-23(21-11-7-5-8-12-21)15-17-25(28)18-16-24(20-27(3)4)22-13-9-6-10-14-22/h5-20H,1-4H3/p+2/b17-15+,18-16+,23-19-,24-20-. The summed E-state index contributed by atoms with van der Waals surface area (Å²) >= 11 is 0. The summed E-state index contributed by atoms with van der Waals surface area (Å²) in [7, 11) is 8.22. The molecule has 28 heavy (non-hydrogen) atoms. The van der Waals surface area contributed by atoms with E-state index in [0.717, 1.165) is 22.3 Å². The molecule has 0 atom stereocenters. The molecule has 0 aliphatic rings. The van der Waals surface area contributed by atoms with Crippen molar-refractivity contribution in [1.29, 1.82) is 0 Å². The topological polar surface area (TPSA) is 26.0 Å². The van der Waals surface area contributed by atoms with Gasteiger partial charge in [-0.3, -0.25) is 4.79 Å². The molecule has 0 unspecified atom stereocenters. The van der Waals surface area contributed by atoms with Crippen molar-refractivity contribution in [1.82, 2.24) is 0 Å². The van der Waals surface area contributed by atoms with Gasteiger partial charge >= 0.3 is 0 Å². The van der Waals surface area contributed by atoms with Crippen LogP contribution in [0.4, 0.5) is 0 Å². The molecule has 0 bridgehead atoms. The Labute approximate surface area is 168 Å². The number of allylic oxidation sites excluding steroid dienone is 6. The molecular weight excluding hydrogens is 344 g/mol. The van der Waals surface area contributed by atoms with Crippen LogP contribution in [0.25, 0.3) is 11.1 Å². The highest BCUT2D eigenvalue weighted by atomic mass is 16.1. The van der Waals surface area contributed by atoms with Gasteiger partial charge in [0.15, 0.2) is 5.78 Å². The molecule has 0 heterocycles. The average Bonchev–Trinajstić information content (AvgIpc) is 2.69. The zero-order chi connectivity index (χ0) is 20.4. The second-order valence-corrected chi connectivity index (χ2v) is 7.16. The summed E-state index contributed by atoms with van der Waals surface area (Å²) in [5.74, 6) is -0.0359. The molecule has 0 spiro atoms. The van der Waals surface area contributed by atoms with Gasteiger partial charge in [0.2, 0.25) is 0 Å². The summed E-state index contributed by atoms with van der Waals surface area (Å²) in [5, 5.41) is 0. The van der Waals surface area contributed by atoms with Crippen LogP contribution < -0.4 is 9.80 Å². The van der Waals surface area contributed by atoms with Gasteiger partial charge < -0.3 is 9.80 Å². The smallest absolute Gasteiger partial charge is 0.178 e. The predicted octanol–water partition coefficient (Wildman–Crippen LogP) is 2.04. The lowest BCUT2D eigenvalue weighted by atomic mass is 10.0. The van der Waals surface area contributed by atoms with Crippen LogP contribution in [0.3, 0.4) is 0 Å². The third kappa shape index (κ3) is 7.31. The number of carbonyl (C=O) groups is 1. The Kier molecular flexibility index (Phi) is 8.35. The van der Waals surface area contributed by atoms with Gasteiger partial charge in [-0.2, -0.15) is 0 Å². The zero-order valence-electron chi connectivity index (χ0n) is 17.1. The fraction of sp³-hybridized carbons (Fsp3) is 0.160. The summed E-state index contributed by atoms with van der Waals surface area (Å²) < 4.78 is 0. The highest BCUT2D eigenvalue weighted by Crippen LogP contribution is 2.15. The monoisotopic (exact) mass is 374 g/mol. The molecule has 0 fully saturated rings. The highest BCUT2D eigenvalue weighted by Gasteiger charge is 2.03. The van der Waals surface area contributed by atoms with Gasteiger partial charge in [0, 0.05) is 11.1 Å². The Balaban J connectivity index is 2.20. The fourth-order valence-corrected chi connectivity index (χ4v) is 2.74. The highest BCUT2D eigenvalue weighted by molar-refractivity contribution is 6.02. The number of rotatable bonds is 8. The molecule has 0 aromatic heterocycles. The second-order valence-electron chi connectivity index (χ2n) is 7.16. The third-order valence-corrected chi connectivity index (χ3v) is 3.96. The maximum Gasteiger partial charge on any atom is 0.178 e. The van der Waals surface area contributed by atoms with Crippen LogP contribution in [0.5, 0.6) is 0 Å². The molecule has 2 aromatic carbocycles. The minimum absolute atomic E-state index is 0.0359. The van der Waals surface area contributed by atoms with E-state index in [4.69, 9.17) is 0 Å². The first-order chi connectivity index (χ1) is 13.5. The van der Waals surface area contributed by atoms with Crippen LogP contribution in [0.2, 0.25) is 0 Å². The summed E-state index contributed by atoms with van der Waals surface area (Å²) in [6.07, 6.45) is 11.2. The molecule has 0 saturated carbocycles. The van der Waals surface area contributed by atoms with E-state index in [9.17, 15) is 4.79 Å². The summed E-state index contributed by atoms with van der Waals surface area (Å²) in [5.41, 5.74) is 4.24. The van der Waals surface area contributed by atoms with Crippen molar-refractivity contribution in [3.05, 3.63) is 108 Å². The van der Waals surface area contributed by atoms with Crippen molar-refractivity contribution in [3.8, 4) is 0 Å². The molecule has 0 saturated heterocycles. The SMILES string of the molecule is C[NH+](C)/C=C(/C=C/C(=O)/C=C/C(=C/[NH+](C)C)c1ccccc1)c1ccccc1. The maximum absolute atomic E-state index is 12.4. The van der Waals surface area contributed by atoms with Crippen molar-refractivity contribution in [2.75, 3.05) is 28.2 Å². The van der Waals surface area contributed by atoms with Gasteiger partial charge in [-0.1, -0.05) is 60.7 Å². The third-order valence-electron chi connectivity index (χ3n) is 3.96. The van der Waals surface area contributed by atoms with Crippen LogP contribution in [-0.4, -0.2) is 34.0 Å². The van der Waals surface area contributed by atoms with Gasteiger partial charge in [-0.05, 0) is 35.4 Å². The predicted molar refractivity (Wildman–Crippen MR) is 118 cm³/mol. The van der Waals surface area contributed by atoms with E-state index in [2.05, 4.69) is 64.9 Å². The Hall–Kier alpha value is -3.01. The molecule has 2 rings (SSSR count). The van der Waals surface area contributed by atoms with Gasteiger partial charge in [0.05, 0.1) is 28.2 Å². The van der Waals surface area contributed by atoms with E-state index in [-0.39, 0.29) is 5.78 Å². The van der Waals surface area contributed by atoms with Crippen molar-refractivity contribution in [2.45, 2.75) is 0 Å².